The smallest absolute Gasteiger partial charge is 0.251 e. The molecule has 0 aromatic carbocycles. The molecule has 0 bridgehead atoms. The van der Waals surface area contributed by atoms with Crippen LogP contribution in [0.25, 0.3) is 0 Å². The SMILES string of the molecule is FC(F)CN(CCBr)CC1CCC2(CCCCC2)O1. The fraction of sp³-hybridized carbons (Fsp3) is 1.00. The summed E-state index contributed by atoms with van der Waals surface area (Å²) in [5, 5.41) is 0.734. The summed E-state index contributed by atoms with van der Waals surface area (Å²) in [4.78, 5) is 1.83. The van der Waals surface area contributed by atoms with Crippen molar-refractivity contribution in [3.63, 3.8) is 0 Å². The van der Waals surface area contributed by atoms with Crippen LogP contribution in [0, 0.1) is 0 Å². The average molecular weight is 340 g/mol. The summed E-state index contributed by atoms with van der Waals surface area (Å²) >= 11 is 3.33. The quantitative estimate of drug-likeness (QED) is 0.682. The Balaban J connectivity index is 1.81. The van der Waals surface area contributed by atoms with Gasteiger partial charge in [-0.3, -0.25) is 4.90 Å². The molecule has 2 fully saturated rings. The topological polar surface area (TPSA) is 12.5 Å². The maximum absolute atomic E-state index is 12.5. The van der Waals surface area contributed by atoms with Gasteiger partial charge in [0.1, 0.15) is 0 Å². The summed E-state index contributed by atoms with van der Waals surface area (Å²) in [7, 11) is 0. The molecule has 0 radical (unpaired) electrons. The molecule has 112 valence electrons. The van der Waals surface area contributed by atoms with Crippen LogP contribution in [-0.2, 0) is 4.74 Å². The Morgan fingerprint density at radius 1 is 1.21 bits per heavy atom. The van der Waals surface area contributed by atoms with Crippen LogP contribution in [0.15, 0.2) is 0 Å². The lowest BCUT2D eigenvalue weighted by Gasteiger charge is -2.34. The van der Waals surface area contributed by atoms with Gasteiger partial charge in [-0.25, -0.2) is 8.78 Å². The van der Waals surface area contributed by atoms with Gasteiger partial charge in [-0.1, -0.05) is 35.2 Å². The summed E-state index contributed by atoms with van der Waals surface area (Å²) < 4.78 is 31.3. The first-order chi connectivity index (χ1) is 9.13. The van der Waals surface area contributed by atoms with Gasteiger partial charge in [-0.2, -0.15) is 0 Å². The van der Waals surface area contributed by atoms with Crippen LogP contribution in [0.3, 0.4) is 0 Å². The predicted octanol–water partition coefficient (Wildman–Crippen LogP) is 3.83. The Bertz CT molecular complexity index is 272. The van der Waals surface area contributed by atoms with Crippen molar-refractivity contribution in [2.45, 2.75) is 63.1 Å². The highest BCUT2D eigenvalue weighted by Gasteiger charge is 2.41. The number of hydrogen-bond acceptors (Lipinski definition) is 2. The monoisotopic (exact) mass is 339 g/mol. The Hall–Kier alpha value is 0.260. The molecule has 1 heterocycles. The minimum absolute atomic E-state index is 0.0911. The highest BCUT2D eigenvalue weighted by molar-refractivity contribution is 9.09. The van der Waals surface area contributed by atoms with E-state index >= 15 is 0 Å². The van der Waals surface area contributed by atoms with Crippen molar-refractivity contribution in [1.82, 2.24) is 4.90 Å². The highest BCUT2D eigenvalue weighted by Crippen LogP contribution is 2.42. The van der Waals surface area contributed by atoms with Crippen molar-refractivity contribution in [1.29, 1.82) is 0 Å². The van der Waals surface area contributed by atoms with Crippen molar-refractivity contribution in [2.24, 2.45) is 0 Å². The van der Waals surface area contributed by atoms with E-state index in [0.717, 1.165) is 31.0 Å². The molecule has 1 spiro atoms. The molecular weight excluding hydrogens is 316 g/mol. The summed E-state index contributed by atoms with van der Waals surface area (Å²) in [5.41, 5.74) is 0.0911. The van der Waals surface area contributed by atoms with E-state index in [1.54, 1.807) is 0 Å². The molecule has 5 heteroatoms. The largest absolute Gasteiger partial charge is 0.370 e. The van der Waals surface area contributed by atoms with Gasteiger partial charge in [0.05, 0.1) is 18.2 Å². The van der Waals surface area contributed by atoms with E-state index in [2.05, 4.69) is 15.9 Å². The summed E-state index contributed by atoms with van der Waals surface area (Å²) in [6.07, 6.45) is 6.20. The van der Waals surface area contributed by atoms with Crippen LogP contribution in [-0.4, -0.2) is 48.0 Å². The second-order valence-electron chi connectivity index (χ2n) is 5.86. The van der Waals surface area contributed by atoms with Crippen molar-refractivity contribution < 1.29 is 13.5 Å². The van der Waals surface area contributed by atoms with Gasteiger partial charge < -0.3 is 4.74 Å². The molecule has 0 amide bonds. The molecule has 2 rings (SSSR count). The third kappa shape index (κ3) is 4.64. The lowest BCUT2D eigenvalue weighted by molar-refractivity contribution is -0.0740. The van der Waals surface area contributed by atoms with E-state index in [1.165, 1.54) is 19.3 Å². The third-order valence-electron chi connectivity index (χ3n) is 4.36. The van der Waals surface area contributed by atoms with Gasteiger partial charge in [0.25, 0.3) is 6.43 Å². The van der Waals surface area contributed by atoms with Crippen molar-refractivity contribution in [3.05, 3.63) is 0 Å². The molecule has 0 aromatic rings. The Morgan fingerprint density at radius 3 is 2.58 bits per heavy atom. The van der Waals surface area contributed by atoms with E-state index < -0.39 is 6.43 Å². The molecule has 19 heavy (non-hydrogen) atoms. The van der Waals surface area contributed by atoms with Crippen molar-refractivity contribution >= 4 is 15.9 Å². The van der Waals surface area contributed by atoms with E-state index in [1.807, 2.05) is 4.90 Å². The molecule has 1 saturated heterocycles. The lowest BCUT2D eigenvalue weighted by Crippen LogP contribution is -2.39. The zero-order valence-corrected chi connectivity index (χ0v) is 13.0. The van der Waals surface area contributed by atoms with Crippen LogP contribution in [0.5, 0.6) is 0 Å². The van der Waals surface area contributed by atoms with Crippen molar-refractivity contribution in [3.8, 4) is 0 Å². The number of rotatable bonds is 6. The first-order valence-corrected chi connectivity index (χ1v) is 8.50. The summed E-state index contributed by atoms with van der Waals surface area (Å²) in [6, 6.07) is 0. The number of nitrogens with zero attached hydrogens (tertiary/aromatic N) is 1. The average Bonchev–Trinajstić information content (AvgIpc) is 2.72. The Labute approximate surface area is 123 Å². The van der Waals surface area contributed by atoms with E-state index in [0.29, 0.717) is 13.1 Å². The second-order valence-corrected chi connectivity index (χ2v) is 6.65. The van der Waals surface area contributed by atoms with Gasteiger partial charge in [-0.15, -0.1) is 0 Å². The van der Waals surface area contributed by atoms with Crippen LogP contribution >= 0.6 is 15.9 Å². The van der Waals surface area contributed by atoms with Gasteiger partial charge in [-0.05, 0) is 25.7 Å². The standard InChI is InChI=1S/C14H24BrF2NO/c15-8-9-18(11-13(16)17)10-12-4-7-14(19-12)5-2-1-3-6-14/h12-13H,1-11H2. The highest BCUT2D eigenvalue weighted by atomic mass is 79.9. The van der Waals surface area contributed by atoms with Crippen molar-refractivity contribution in [2.75, 3.05) is 25.0 Å². The third-order valence-corrected chi connectivity index (χ3v) is 4.72. The van der Waals surface area contributed by atoms with Gasteiger partial charge in [0.15, 0.2) is 0 Å². The van der Waals surface area contributed by atoms with E-state index in [-0.39, 0.29) is 18.2 Å². The number of alkyl halides is 3. The Kier molecular flexibility index (Phi) is 6.03. The molecular formula is C14H24BrF2NO. The second kappa shape index (κ2) is 7.32. The van der Waals surface area contributed by atoms with Crippen LogP contribution in [0.1, 0.15) is 44.9 Å². The van der Waals surface area contributed by atoms with Gasteiger partial charge >= 0.3 is 0 Å². The minimum Gasteiger partial charge on any atom is -0.370 e. The van der Waals surface area contributed by atoms with E-state index in [9.17, 15) is 8.78 Å². The summed E-state index contributed by atoms with van der Waals surface area (Å²) in [5.74, 6) is 0. The fourth-order valence-corrected chi connectivity index (χ4v) is 3.95. The molecule has 0 N–H and O–H groups in total. The zero-order chi connectivity index (χ0) is 13.7. The zero-order valence-electron chi connectivity index (χ0n) is 11.4. The number of halogens is 3. The minimum atomic E-state index is -2.26. The normalized spacial score (nSPS) is 26.7. The van der Waals surface area contributed by atoms with E-state index in [4.69, 9.17) is 4.74 Å². The molecule has 1 aliphatic carbocycles. The van der Waals surface area contributed by atoms with Crippen LogP contribution < -0.4 is 0 Å². The first kappa shape index (κ1) is 15.6. The maximum atomic E-state index is 12.5. The molecule has 1 atom stereocenters. The first-order valence-electron chi connectivity index (χ1n) is 7.38. The molecule has 1 unspecified atom stereocenters. The maximum Gasteiger partial charge on any atom is 0.251 e. The fourth-order valence-electron chi connectivity index (χ4n) is 3.45. The van der Waals surface area contributed by atoms with Crippen LogP contribution in [0.2, 0.25) is 0 Å². The lowest BCUT2D eigenvalue weighted by atomic mass is 9.83. The predicted molar refractivity (Wildman–Crippen MR) is 76.2 cm³/mol. The molecule has 0 aromatic heterocycles. The van der Waals surface area contributed by atoms with Crippen LogP contribution in [0.4, 0.5) is 8.78 Å². The molecule has 2 aliphatic rings. The molecule has 1 saturated carbocycles. The number of hydrogen-bond donors (Lipinski definition) is 0. The summed E-state index contributed by atoms with van der Waals surface area (Å²) in [6.45, 7) is 1.17. The van der Waals surface area contributed by atoms with Gasteiger partial charge in [0.2, 0.25) is 0 Å². The Morgan fingerprint density at radius 2 is 1.95 bits per heavy atom. The molecule has 1 aliphatic heterocycles. The number of ether oxygens (including phenoxy) is 1. The van der Waals surface area contributed by atoms with Gasteiger partial charge in [0, 0.05) is 18.4 Å². The molecule has 2 nitrogen and oxygen atoms in total.